The zero-order valence-electron chi connectivity index (χ0n) is 15.6. The molecule has 1 aromatic heterocycles. The second-order valence-corrected chi connectivity index (χ2v) is 8.50. The van der Waals surface area contributed by atoms with Crippen molar-refractivity contribution in [1.82, 2.24) is 10.2 Å². The van der Waals surface area contributed by atoms with Gasteiger partial charge in [-0.1, -0.05) is 6.07 Å². The van der Waals surface area contributed by atoms with E-state index in [-0.39, 0.29) is 17.9 Å². The largest absolute Gasteiger partial charge is 0.338 e. The van der Waals surface area contributed by atoms with E-state index in [9.17, 15) is 14.0 Å². The molecular formula is C21H24FN3O2S. The number of hydrogen-bond donors (Lipinski definition) is 2. The number of hydrogen-bond acceptors (Lipinski definition) is 3. The van der Waals surface area contributed by atoms with E-state index in [2.05, 4.69) is 16.7 Å². The second kappa shape index (κ2) is 8.31. The zero-order chi connectivity index (χ0) is 19.5. The number of urea groups is 1. The Labute approximate surface area is 167 Å². The number of nitrogens with zero attached hydrogens (tertiary/aromatic N) is 1. The summed E-state index contributed by atoms with van der Waals surface area (Å²) >= 11 is 1.54. The standard InChI is InChI=1S/C21H24FN3O2S/c22-16-4-1-5-17(11-16)24-21(27)23-12-14-3-2-9-25(13-14)20(26)19-18(8-10-28-19)15-6-7-15/h1,4-5,8,10-11,14-15H,2-3,6-7,9,12-13H2,(H2,23,24,27). The van der Waals surface area contributed by atoms with Crippen LogP contribution in [0.25, 0.3) is 0 Å². The van der Waals surface area contributed by atoms with Crippen molar-refractivity contribution in [3.05, 3.63) is 52.0 Å². The van der Waals surface area contributed by atoms with Crippen molar-refractivity contribution in [2.75, 3.05) is 25.0 Å². The number of rotatable bonds is 5. The molecule has 7 heteroatoms. The number of nitrogens with one attached hydrogen (secondary N) is 2. The third kappa shape index (κ3) is 4.52. The van der Waals surface area contributed by atoms with E-state index >= 15 is 0 Å². The van der Waals surface area contributed by atoms with Gasteiger partial charge in [-0.3, -0.25) is 4.79 Å². The van der Waals surface area contributed by atoms with Crippen LogP contribution in [-0.4, -0.2) is 36.5 Å². The van der Waals surface area contributed by atoms with Gasteiger partial charge >= 0.3 is 6.03 Å². The number of piperidine rings is 1. The van der Waals surface area contributed by atoms with Crippen molar-refractivity contribution in [1.29, 1.82) is 0 Å². The van der Waals surface area contributed by atoms with Crippen molar-refractivity contribution in [2.24, 2.45) is 5.92 Å². The van der Waals surface area contributed by atoms with Crippen LogP contribution < -0.4 is 10.6 Å². The predicted octanol–water partition coefficient (Wildman–Crippen LogP) is 4.44. The van der Waals surface area contributed by atoms with Crippen LogP contribution >= 0.6 is 11.3 Å². The minimum Gasteiger partial charge on any atom is -0.338 e. The topological polar surface area (TPSA) is 61.4 Å². The molecule has 1 aliphatic carbocycles. The number of halogens is 1. The molecule has 0 bridgehead atoms. The third-order valence-electron chi connectivity index (χ3n) is 5.35. The zero-order valence-corrected chi connectivity index (χ0v) is 16.4. The van der Waals surface area contributed by atoms with E-state index in [1.54, 1.807) is 12.1 Å². The minimum absolute atomic E-state index is 0.130. The molecule has 5 nitrogen and oxygen atoms in total. The average Bonchev–Trinajstić information content (AvgIpc) is 3.42. The molecule has 2 aromatic rings. The van der Waals surface area contributed by atoms with Crippen molar-refractivity contribution in [3.63, 3.8) is 0 Å². The summed E-state index contributed by atoms with van der Waals surface area (Å²) < 4.78 is 13.2. The molecule has 1 aromatic carbocycles. The number of likely N-dealkylation sites (tertiary alicyclic amines) is 1. The van der Waals surface area contributed by atoms with Crippen LogP contribution in [0.2, 0.25) is 0 Å². The monoisotopic (exact) mass is 401 g/mol. The summed E-state index contributed by atoms with van der Waals surface area (Å²) in [5.41, 5.74) is 1.63. The average molecular weight is 402 g/mol. The van der Waals surface area contributed by atoms with E-state index in [1.165, 1.54) is 41.9 Å². The highest BCUT2D eigenvalue weighted by atomic mass is 32.1. The van der Waals surface area contributed by atoms with Crippen LogP contribution in [0.3, 0.4) is 0 Å². The smallest absolute Gasteiger partial charge is 0.319 e. The number of amides is 3. The molecule has 0 radical (unpaired) electrons. The third-order valence-corrected chi connectivity index (χ3v) is 6.27. The number of carbonyl (C=O) groups excluding carboxylic acids is 2. The molecule has 1 atom stereocenters. The van der Waals surface area contributed by atoms with Crippen LogP contribution in [0.15, 0.2) is 35.7 Å². The summed E-state index contributed by atoms with van der Waals surface area (Å²) in [6.07, 6.45) is 4.28. The Bertz CT molecular complexity index is 865. The Morgan fingerprint density at radius 2 is 2.07 bits per heavy atom. The SMILES string of the molecule is O=C(NCC1CCCN(C(=O)c2sccc2C2CC2)C1)Nc1cccc(F)c1. The quantitative estimate of drug-likeness (QED) is 0.778. The Kier molecular flexibility index (Phi) is 5.62. The lowest BCUT2D eigenvalue weighted by Gasteiger charge is -2.33. The number of thiophene rings is 1. The molecule has 0 spiro atoms. The maximum Gasteiger partial charge on any atom is 0.319 e. The second-order valence-electron chi connectivity index (χ2n) is 7.58. The van der Waals surface area contributed by atoms with Gasteiger partial charge in [0.25, 0.3) is 5.91 Å². The summed E-state index contributed by atoms with van der Waals surface area (Å²) in [5, 5.41) is 7.50. The Morgan fingerprint density at radius 1 is 1.21 bits per heavy atom. The van der Waals surface area contributed by atoms with Gasteiger partial charge in [-0.2, -0.15) is 0 Å². The molecule has 2 heterocycles. The van der Waals surface area contributed by atoms with Gasteiger partial charge in [-0.25, -0.2) is 9.18 Å². The van der Waals surface area contributed by atoms with Crippen molar-refractivity contribution in [2.45, 2.75) is 31.6 Å². The fourth-order valence-electron chi connectivity index (χ4n) is 3.75. The number of carbonyl (C=O) groups is 2. The fourth-order valence-corrected chi connectivity index (χ4v) is 4.70. The van der Waals surface area contributed by atoms with E-state index < -0.39 is 5.82 Å². The lowest BCUT2D eigenvalue weighted by Crippen LogP contribution is -2.44. The number of benzene rings is 1. The van der Waals surface area contributed by atoms with Crippen molar-refractivity contribution >= 4 is 29.0 Å². The highest BCUT2D eigenvalue weighted by molar-refractivity contribution is 7.12. The Balaban J connectivity index is 1.29. The first kappa shape index (κ1) is 18.9. The van der Waals surface area contributed by atoms with Gasteiger partial charge in [-0.15, -0.1) is 11.3 Å². The lowest BCUT2D eigenvalue weighted by atomic mass is 9.97. The molecule has 3 amide bonds. The normalized spacial score (nSPS) is 19.3. The lowest BCUT2D eigenvalue weighted by molar-refractivity contribution is 0.0679. The minimum atomic E-state index is -0.390. The highest BCUT2D eigenvalue weighted by Crippen LogP contribution is 2.43. The van der Waals surface area contributed by atoms with Gasteiger partial charge in [0.2, 0.25) is 0 Å². The Morgan fingerprint density at radius 3 is 2.86 bits per heavy atom. The van der Waals surface area contributed by atoms with Gasteiger partial charge in [0.05, 0.1) is 4.88 Å². The summed E-state index contributed by atoms with van der Waals surface area (Å²) in [6, 6.07) is 7.54. The van der Waals surface area contributed by atoms with Gasteiger partial charge in [0.15, 0.2) is 0 Å². The van der Waals surface area contributed by atoms with E-state index in [4.69, 9.17) is 0 Å². The molecule has 1 aliphatic heterocycles. The van der Waals surface area contributed by atoms with Crippen LogP contribution in [-0.2, 0) is 0 Å². The molecular weight excluding hydrogens is 377 g/mol. The molecule has 148 valence electrons. The van der Waals surface area contributed by atoms with Gasteiger partial charge in [0.1, 0.15) is 5.82 Å². The van der Waals surface area contributed by atoms with E-state index in [1.807, 2.05) is 10.3 Å². The van der Waals surface area contributed by atoms with E-state index in [0.29, 0.717) is 24.7 Å². The predicted molar refractivity (Wildman–Crippen MR) is 108 cm³/mol. The summed E-state index contributed by atoms with van der Waals surface area (Å²) in [6.45, 7) is 1.92. The summed E-state index contributed by atoms with van der Waals surface area (Å²) in [4.78, 5) is 27.9. The molecule has 4 rings (SSSR count). The summed E-state index contributed by atoms with van der Waals surface area (Å²) in [7, 11) is 0. The Hall–Kier alpha value is -2.41. The molecule has 2 fully saturated rings. The van der Waals surface area contributed by atoms with Crippen molar-refractivity contribution in [3.8, 4) is 0 Å². The fraction of sp³-hybridized carbons (Fsp3) is 0.429. The van der Waals surface area contributed by atoms with E-state index in [0.717, 1.165) is 24.3 Å². The van der Waals surface area contributed by atoms with Gasteiger partial charge in [-0.05, 0) is 72.7 Å². The maximum atomic E-state index is 13.2. The van der Waals surface area contributed by atoms with Gasteiger partial charge < -0.3 is 15.5 Å². The molecule has 1 unspecified atom stereocenters. The van der Waals surface area contributed by atoms with Crippen LogP contribution in [0.5, 0.6) is 0 Å². The van der Waals surface area contributed by atoms with Crippen LogP contribution in [0.4, 0.5) is 14.9 Å². The molecule has 1 saturated heterocycles. The maximum absolute atomic E-state index is 13.2. The highest BCUT2D eigenvalue weighted by Gasteiger charge is 2.32. The van der Waals surface area contributed by atoms with Crippen LogP contribution in [0.1, 0.15) is 46.8 Å². The first-order valence-corrected chi connectivity index (χ1v) is 10.6. The first-order chi connectivity index (χ1) is 13.6. The molecule has 2 N–H and O–H groups in total. The van der Waals surface area contributed by atoms with Gasteiger partial charge in [0, 0.05) is 25.3 Å². The molecule has 28 heavy (non-hydrogen) atoms. The summed E-state index contributed by atoms with van der Waals surface area (Å²) in [5.74, 6) is 0.531. The van der Waals surface area contributed by atoms with Crippen molar-refractivity contribution < 1.29 is 14.0 Å². The van der Waals surface area contributed by atoms with Crippen LogP contribution in [0, 0.1) is 11.7 Å². The number of anilines is 1. The first-order valence-electron chi connectivity index (χ1n) is 9.77. The molecule has 2 aliphatic rings. The molecule has 1 saturated carbocycles.